The fraction of sp³-hybridized carbons (Fsp3) is 0.353. The van der Waals surface area contributed by atoms with Crippen LogP contribution in [0.3, 0.4) is 0 Å². The van der Waals surface area contributed by atoms with Crippen LogP contribution in [-0.4, -0.2) is 18.6 Å². The molecule has 1 N–H and O–H groups in total. The number of nitrogens with one attached hydrogen (secondary N) is 1. The molecule has 0 amide bonds. The van der Waals surface area contributed by atoms with Crippen molar-refractivity contribution >= 4 is 17.0 Å². The van der Waals surface area contributed by atoms with Gasteiger partial charge in [-0.15, -0.1) is 11.3 Å². The van der Waals surface area contributed by atoms with E-state index in [-0.39, 0.29) is 5.54 Å². The number of piperidine rings is 1. The quantitative estimate of drug-likeness (QED) is 0.940. The Morgan fingerprint density at radius 1 is 1.14 bits per heavy atom. The molecule has 3 nitrogen and oxygen atoms in total. The number of benzene rings is 1. The van der Waals surface area contributed by atoms with E-state index in [1.807, 2.05) is 6.07 Å². The Kier molecular flexibility index (Phi) is 4.23. The standard InChI is InChI=1S/C17H19N3S/c18-14-17(19-13-16-7-4-12-21-16)8-10-20(11-9-17)15-5-2-1-3-6-15/h1-7,12,19H,8-11,13H2. The summed E-state index contributed by atoms with van der Waals surface area (Å²) in [5, 5.41) is 15.2. The van der Waals surface area contributed by atoms with Crippen LogP contribution >= 0.6 is 11.3 Å². The molecule has 1 aromatic carbocycles. The fourth-order valence-corrected chi connectivity index (χ4v) is 3.43. The lowest BCUT2D eigenvalue weighted by Crippen LogP contribution is -2.52. The molecular formula is C17H19N3S. The van der Waals surface area contributed by atoms with Crippen LogP contribution in [0.5, 0.6) is 0 Å². The first kappa shape index (κ1) is 14.1. The number of para-hydroxylation sites is 1. The molecule has 0 spiro atoms. The van der Waals surface area contributed by atoms with Crippen molar-refractivity contribution in [3.8, 4) is 6.07 Å². The molecule has 1 aliphatic rings. The average Bonchev–Trinajstić information content (AvgIpc) is 3.08. The van der Waals surface area contributed by atoms with Gasteiger partial charge in [-0.05, 0) is 36.4 Å². The third kappa shape index (κ3) is 3.26. The van der Waals surface area contributed by atoms with Gasteiger partial charge >= 0.3 is 0 Å². The summed E-state index contributed by atoms with van der Waals surface area (Å²) < 4.78 is 0. The monoisotopic (exact) mass is 297 g/mol. The lowest BCUT2D eigenvalue weighted by Gasteiger charge is -2.39. The van der Waals surface area contributed by atoms with Gasteiger partial charge in [0.05, 0.1) is 6.07 Å². The van der Waals surface area contributed by atoms with Crippen LogP contribution < -0.4 is 10.2 Å². The van der Waals surface area contributed by atoms with Gasteiger partial charge in [-0.25, -0.2) is 0 Å². The third-order valence-corrected chi connectivity index (χ3v) is 5.01. The van der Waals surface area contributed by atoms with Crippen LogP contribution in [0.4, 0.5) is 5.69 Å². The molecule has 21 heavy (non-hydrogen) atoms. The van der Waals surface area contributed by atoms with Crippen LogP contribution in [0.2, 0.25) is 0 Å². The van der Waals surface area contributed by atoms with Gasteiger partial charge < -0.3 is 4.90 Å². The zero-order chi connectivity index (χ0) is 14.5. The Bertz CT molecular complexity index is 593. The van der Waals surface area contributed by atoms with E-state index in [9.17, 15) is 5.26 Å². The largest absolute Gasteiger partial charge is 0.371 e. The molecular weight excluding hydrogens is 278 g/mol. The molecule has 0 atom stereocenters. The highest BCUT2D eigenvalue weighted by atomic mass is 32.1. The predicted molar refractivity (Wildman–Crippen MR) is 87.4 cm³/mol. The number of rotatable bonds is 4. The fourth-order valence-electron chi connectivity index (χ4n) is 2.78. The summed E-state index contributed by atoms with van der Waals surface area (Å²) in [5.74, 6) is 0. The number of nitrogens with zero attached hydrogens (tertiary/aromatic N) is 2. The van der Waals surface area contributed by atoms with Crippen molar-refractivity contribution in [2.75, 3.05) is 18.0 Å². The Labute approximate surface area is 129 Å². The van der Waals surface area contributed by atoms with Gasteiger partial charge in [-0.3, -0.25) is 5.32 Å². The molecule has 4 heteroatoms. The summed E-state index contributed by atoms with van der Waals surface area (Å²) in [7, 11) is 0. The molecule has 1 saturated heterocycles. The molecule has 0 saturated carbocycles. The Morgan fingerprint density at radius 2 is 1.90 bits per heavy atom. The van der Waals surface area contributed by atoms with Crippen LogP contribution in [0.25, 0.3) is 0 Å². The van der Waals surface area contributed by atoms with Gasteiger partial charge in [-0.1, -0.05) is 24.3 Å². The third-order valence-electron chi connectivity index (χ3n) is 4.13. The Hall–Kier alpha value is -1.83. The average molecular weight is 297 g/mol. The van der Waals surface area contributed by atoms with E-state index in [1.165, 1.54) is 10.6 Å². The van der Waals surface area contributed by atoms with Crippen molar-refractivity contribution in [3.63, 3.8) is 0 Å². The number of hydrogen-bond acceptors (Lipinski definition) is 4. The van der Waals surface area contributed by atoms with E-state index in [2.05, 4.69) is 58.1 Å². The van der Waals surface area contributed by atoms with Gasteiger partial charge in [0.1, 0.15) is 5.54 Å². The van der Waals surface area contributed by atoms with Crippen molar-refractivity contribution in [1.29, 1.82) is 5.26 Å². The van der Waals surface area contributed by atoms with E-state index < -0.39 is 0 Å². The molecule has 1 aliphatic heterocycles. The van der Waals surface area contributed by atoms with Gasteiger partial charge in [0, 0.05) is 30.2 Å². The zero-order valence-corrected chi connectivity index (χ0v) is 12.8. The van der Waals surface area contributed by atoms with Crippen molar-refractivity contribution in [2.24, 2.45) is 0 Å². The van der Waals surface area contributed by atoms with Gasteiger partial charge in [0.2, 0.25) is 0 Å². The lowest BCUT2D eigenvalue weighted by molar-refractivity contribution is 0.331. The lowest BCUT2D eigenvalue weighted by atomic mass is 9.88. The summed E-state index contributed by atoms with van der Waals surface area (Å²) in [6, 6.07) is 17.1. The van der Waals surface area contributed by atoms with E-state index >= 15 is 0 Å². The molecule has 1 aromatic heterocycles. The van der Waals surface area contributed by atoms with E-state index in [0.717, 1.165) is 32.5 Å². The van der Waals surface area contributed by atoms with E-state index in [1.54, 1.807) is 11.3 Å². The molecule has 2 aromatic rings. The van der Waals surface area contributed by atoms with Gasteiger partial charge in [0.15, 0.2) is 0 Å². The summed E-state index contributed by atoms with van der Waals surface area (Å²) in [6.07, 6.45) is 1.73. The molecule has 2 heterocycles. The van der Waals surface area contributed by atoms with Crippen molar-refractivity contribution in [2.45, 2.75) is 24.9 Å². The van der Waals surface area contributed by atoms with Crippen molar-refractivity contribution in [3.05, 3.63) is 52.7 Å². The summed E-state index contributed by atoms with van der Waals surface area (Å²) in [5.41, 5.74) is 0.872. The molecule has 0 radical (unpaired) electrons. The zero-order valence-electron chi connectivity index (χ0n) is 12.0. The van der Waals surface area contributed by atoms with E-state index in [4.69, 9.17) is 0 Å². The maximum Gasteiger partial charge on any atom is 0.110 e. The molecule has 1 fully saturated rings. The first-order valence-corrected chi connectivity index (χ1v) is 8.18. The summed E-state index contributed by atoms with van der Waals surface area (Å²) in [4.78, 5) is 3.65. The molecule has 0 bridgehead atoms. The highest BCUT2D eigenvalue weighted by Gasteiger charge is 2.34. The van der Waals surface area contributed by atoms with Crippen LogP contribution in [0.1, 0.15) is 17.7 Å². The number of hydrogen-bond donors (Lipinski definition) is 1. The van der Waals surface area contributed by atoms with Gasteiger partial charge in [0.25, 0.3) is 0 Å². The first-order chi connectivity index (χ1) is 10.3. The molecule has 0 unspecified atom stereocenters. The first-order valence-electron chi connectivity index (χ1n) is 7.30. The van der Waals surface area contributed by atoms with Gasteiger partial charge in [-0.2, -0.15) is 5.26 Å². The second kappa shape index (κ2) is 6.30. The second-order valence-electron chi connectivity index (χ2n) is 5.45. The van der Waals surface area contributed by atoms with Crippen LogP contribution in [0, 0.1) is 11.3 Å². The SMILES string of the molecule is N#CC1(NCc2cccs2)CCN(c2ccccc2)CC1. The van der Waals surface area contributed by atoms with Crippen molar-refractivity contribution in [1.82, 2.24) is 5.32 Å². The van der Waals surface area contributed by atoms with Crippen LogP contribution in [0.15, 0.2) is 47.8 Å². The van der Waals surface area contributed by atoms with E-state index in [0.29, 0.717) is 0 Å². The summed E-state index contributed by atoms with van der Waals surface area (Å²) >= 11 is 1.74. The minimum absolute atomic E-state index is 0.380. The molecule has 3 rings (SSSR count). The highest BCUT2D eigenvalue weighted by molar-refractivity contribution is 7.09. The minimum Gasteiger partial charge on any atom is -0.371 e. The molecule has 0 aliphatic carbocycles. The summed E-state index contributed by atoms with van der Waals surface area (Å²) in [6.45, 7) is 2.64. The number of thiophene rings is 1. The smallest absolute Gasteiger partial charge is 0.110 e. The van der Waals surface area contributed by atoms with Crippen LogP contribution in [-0.2, 0) is 6.54 Å². The topological polar surface area (TPSA) is 39.1 Å². The highest BCUT2D eigenvalue weighted by Crippen LogP contribution is 2.26. The second-order valence-corrected chi connectivity index (χ2v) is 6.48. The Balaban J connectivity index is 1.61. The van der Waals surface area contributed by atoms with Crippen molar-refractivity contribution < 1.29 is 0 Å². The number of anilines is 1. The maximum atomic E-state index is 9.60. The Morgan fingerprint density at radius 3 is 2.52 bits per heavy atom. The predicted octanol–water partition coefficient (Wildman–Crippen LogP) is 3.40. The maximum absolute atomic E-state index is 9.60. The normalized spacial score (nSPS) is 17.4. The minimum atomic E-state index is -0.380. The number of nitriles is 1. The molecule has 108 valence electrons.